The van der Waals surface area contributed by atoms with E-state index in [0.717, 1.165) is 29.5 Å². The van der Waals surface area contributed by atoms with Gasteiger partial charge in [-0.1, -0.05) is 6.07 Å². The van der Waals surface area contributed by atoms with Crippen LogP contribution in [-0.4, -0.2) is 25.5 Å². The van der Waals surface area contributed by atoms with Gasteiger partial charge in [-0.25, -0.2) is 0 Å². The Morgan fingerprint density at radius 2 is 1.74 bits per heavy atom. The number of ether oxygens (including phenoxy) is 1. The molecule has 0 saturated carbocycles. The van der Waals surface area contributed by atoms with Gasteiger partial charge in [-0.15, -0.1) is 0 Å². The van der Waals surface area contributed by atoms with Crippen LogP contribution in [-0.2, 0) is 4.74 Å². The molecule has 0 aliphatic carbocycles. The lowest BCUT2D eigenvalue weighted by Gasteiger charge is -2.35. The number of carbonyl (C=O) groups excluding carboxylic acids is 1. The minimum absolute atomic E-state index is 0.193. The first-order valence-corrected chi connectivity index (χ1v) is 6.91. The normalized spacial score (nSPS) is 18.3. The molecule has 1 aliphatic heterocycles. The van der Waals surface area contributed by atoms with Crippen molar-refractivity contribution in [3.8, 4) is 0 Å². The summed E-state index contributed by atoms with van der Waals surface area (Å²) in [4.78, 5) is 12.9. The van der Waals surface area contributed by atoms with Crippen LogP contribution in [0.3, 0.4) is 0 Å². The molecular formula is C16H23NO2. The summed E-state index contributed by atoms with van der Waals surface area (Å²) in [7, 11) is 0. The first-order chi connectivity index (χ1) is 9.00. The van der Waals surface area contributed by atoms with Gasteiger partial charge in [0.2, 0.25) is 0 Å². The predicted molar refractivity (Wildman–Crippen MR) is 76.5 cm³/mol. The fourth-order valence-electron chi connectivity index (χ4n) is 2.78. The summed E-state index contributed by atoms with van der Waals surface area (Å²) in [6, 6.07) is 4.10. The number of carbonyl (C=O) groups is 1. The summed E-state index contributed by atoms with van der Waals surface area (Å²) in [5, 5.41) is 0. The van der Waals surface area contributed by atoms with Gasteiger partial charge in [-0.3, -0.25) is 4.79 Å². The monoisotopic (exact) mass is 261 g/mol. The highest BCUT2D eigenvalue weighted by Crippen LogP contribution is 2.34. The molecular weight excluding hydrogens is 238 g/mol. The van der Waals surface area contributed by atoms with Crippen LogP contribution in [0, 0.1) is 26.2 Å². The highest BCUT2D eigenvalue weighted by molar-refractivity contribution is 6.02. The van der Waals surface area contributed by atoms with Gasteiger partial charge in [0.25, 0.3) is 0 Å². The Morgan fingerprint density at radius 3 is 2.32 bits per heavy atom. The van der Waals surface area contributed by atoms with Crippen LogP contribution in [0.2, 0.25) is 0 Å². The first-order valence-electron chi connectivity index (χ1n) is 6.91. The van der Waals surface area contributed by atoms with E-state index in [4.69, 9.17) is 10.5 Å². The molecule has 1 aliphatic rings. The van der Waals surface area contributed by atoms with E-state index < -0.39 is 5.41 Å². The number of rotatable bonds is 3. The van der Waals surface area contributed by atoms with Gasteiger partial charge in [0.1, 0.15) is 0 Å². The first kappa shape index (κ1) is 14.2. The van der Waals surface area contributed by atoms with E-state index in [2.05, 4.69) is 13.0 Å². The molecule has 19 heavy (non-hydrogen) atoms. The van der Waals surface area contributed by atoms with Crippen LogP contribution in [0.15, 0.2) is 12.1 Å². The summed E-state index contributed by atoms with van der Waals surface area (Å²) < 4.78 is 5.38. The van der Waals surface area contributed by atoms with Crippen molar-refractivity contribution in [2.45, 2.75) is 33.6 Å². The number of benzene rings is 1. The van der Waals surface area contributed by atoms with Gasteiger partial charge in [0.15, 0.2) is 5.78 Å². The number of nitrogens with two attached hydrogens (primary N) is 1. The van der Waals surface area contributed by atoms with E-state index in [9.17, 15) is 4.79 Å². The minimum Gasteiger partial charge on any atom is -0.381 e. The van der Waals surface area contributed by atoms with Crippen molar-refractivity contribution in [3.63, 3.8) is 0 Å². The molecule has 1 fully saturated rings. The second-order valence-corrected chi connectivity index (χ2v) is 5.68. The zero-order valence-electron chi connectivity index (χ0n) is 12.1. The highest BCUT2D eigenvalue weighted by Gasteiger charge is 2.39. The summed E-state index contributed by atoms with van der Waals surface area (Å²) in [5.41, 5.74) is 9.76. The predicted octanol–water partition coefficient (Wildman–Crippen LogP) is 2.55. The second-order valence-electron chi connectivity index (χ2n) is 5.68. The number of ketones is 1. The lowest BCUT2D eigenvalue weighted by molar-refractivity contribution is 0.0200. The average molecular weight is 261 g/mol. The zero-order valence-corrected chi connectivity index (χ0v) is 12.1. The quantitative estimate of drug-likeness (QED) is 0.851. The fraction of sp³-hybridized carbons (Fsp3) is 0.562. The molecule has 2 N–H and O–H groups in total. The Labute approximate surface area is 115 Å². The van der Waals surface area contributed by atoms with E-state index in [0.29, 0.717) is 19.8 Å². The Balaban J connectivity index is 2.40. The van der Waals surface area contributed by atoms with Crippen molar-refractivity contribution in [2.75, 3.05) is 19.8 Å². The Hall–Kier alpha value is -1.19. The van der Waals surface area contributed by atoms with Crippen molar-refractivity contribution >= 4 is 5.78 Å². The van der Waals surface area contributed by atoms with Gasteiger partial charge in [0.05, 0.1) is 5.41 Å². The van der Waals surface area contributed by atoms with Crippen molar-refractivity contribution in [2.24, 2.45) is 11.1 Å². The van der Waals surface area contributed by atoms with E-state index in [1.54, 1.807) is 0 Å². The third-order valence-corrected chi connectivity index (χ3v) is 4.41. The smallest absolute Gasteiger partial charge is 0.170 e. The molecule has 0 atom stereocenters. The van der Waals surface area contributed by atoms with Gasteiger partial charge in [-0.2, -0.15) is 0 Å². The second kappa shape index (κ2) is 5.43. The van der Waals surface area contributed by atoms with Crippen LogP contribution in [0.5, 0.6) is 0 Å². The summed E-state index contributed by atoms with van der Waals surface area (Å²) in [5.74, 6) is 0.193. The molecule has 1 aromatic carbocycles. The van der Waals surface area contributed by atoms with Crippen LogP contribution in [0.4, 0.5) is 0 Å². The molecule has 3 nitrogen and oxygen atoms in total. The molecule has 3 heteroatoms. The van der Waals surface area contributed by atoms with Crippen LogP contribution < -0.4 is 5.73 Å². The van der Waals surface area contributed by atoms with E-state index >= 15 is 0 Å². The third kappa shape index (κ3) is 2.58. The molecule has 0 amide bonds. The highest BCUT2D eigenvalue weighted by atomic mass is 16.5. The maximum atomic E-state index is 12.9. The van der Waals surface area contributed by atoms with E-state index in [-0.39, 0.29) is 5.78 Å². The van der Waals surface area contributed by atoms with Gasteiger partial charge < -0.3 is 10.5 Å². The molecule has 2 rings (SSSR count). The minimum atomic E-state index is -0.426. The Kier molecular flexibility index (Phi) is 4.07. The number of aryl methyl sites for hydroxylation is 3. The average Bonchev–Trinajstić information content (AvgIpc) is 2.43. The Bertz CT molecular complexity index is 488. The maximum Gasteiger partial charge on any atom is 0.170 e. The van der Waals surface area contributed by atoms with Crippen LogP contribution in [0.1, 0.15) is 39.9 Å². The van der Waals surface area contributed by atoms with Crippen molar-refractivity contribution < 1.29 is 9.53 Å². The number of hydrogen-bond acceptors (Lipinski definition) is 3. The molecule has 0 bridgehead atoms. The summed E-state index contributed by atoms with van der Waals surface area (Å²) in [6.45, 7) is 7.79. The lowest BCUT2D eigenvalue weighted by atomic mass is 9.73. The topological polar surface area (TPSA) is 52.3 Å². The maximum absolute atomic E-state index is 12.9. The largest absolute Gasteiger partial charge is 0.381 e. The van der Waals surface area contributed by atoms with Gasteiger partial charge in [-0.05, 0) is 56.4 Å². The zero-order chi connectivity index (χ0) is 14.0. The standard InChI is InChI=1S/C16H23NO2/c1-11-8-13(3)14(9-12(11)2)15(18)16(10-17)4-6-19-7-5-16/h8-9H,4-7,10,17H2,1-3H3. The molecule has 1 heterocycles. The summed E-state index contributed by atoms with van der Waals surface area (Å²) in [6.07, 6.45) is 1.46. The molecule has 104 valence electrons. The molecule has 0 spiro atoms. The summed E-state index contributed by atoms with van der Waals surface area (Å²) >= 11 is 0. The fourth-order valence-corrected chi connectivity index (χ4v) is 2.78. The van der Waals surface area contributed by atoms with Crippen LogP contribution in [0.25, 0.3) is 0 Å². The van der Waals surface area contributed by atoms with Gasteiger partial charge in [0, 0.05) is 25.3 Å². The van der Waals surface area contributed by atoms with Crippen LogP contribution >= 0.6 is 0 Å². The molecule has 1 aromatic rings. The molecule has 0 radical (unpaired) electrons. The lowest BCUT2D eigenvalue weighted by Crippen LogP contribution is -2.43. The van der Waals surface area contributed by atoms with Gasteiger partial charge >= 0.3 is 0 Å². The van der Waals surface area contributed by atoms with Crippen molar-refractivity contribution in [1.82, 2.24) is 0 Å². The van der Waals surface area contributed by atoms with E-state index in [1.165, 1.54) is 5.56 Å². The van der Waals surface area contributed by atoms with Crippen molar-refractivity contribution in [3.05, 3.63) is 34.4 Å². The number of Topliss-reactive ketones (excluding diaryl/α,β-unsaturated/α-hetero) is 1. The SMILES string of the molecule is Cc1cc(C)c(C(=O)C2(CN)CCOCC2)cc1C. The Morgan fingerprint density at radius 1 is 1.16 bits per heavy atom. The molecule has 1 saturated heterocycles. The van der Waals surface area contributed by atoms with E-state index in [1.807, 2.05) is 19.9 Å². The molecule has 0 aromatic heterocycles. The van der Waals surface area contributed by atoms with Crippen molar-refractivity contribution in [1.29, 1.82) is 0 Å². The molecule has 0 unspecified atom stereocenters. The number of hydrogen-bond donors (Lipinski definition) is 1. The third-order valence-electron chi connectivity index (χ3n) is 4.41.